The number of benzene rings is 1. The van der Waals surface area contributed by atoms with E-state index in [9.17, 15) is 0 Å². The van der Waals surface area contributed by atoms with Crippen molar-refractivity contribution in [2.45, 2.75) is 33.2 Å². The summed E-state index contributed by atoms with van der Waals surface area (Å²) in [5.74, 6) is 0. The van der Waals surface area contributed by atoms with E-state index in [1.54, 1.807) is 0 Å². The summed E-state index contributed by atoms with van der Waals surface area (Å²) in [6, 6.07) is 7.15. The van der Waals surface area contributed by atoms with Gasteiger partial charge in [-0.1, -0.05) is 36.2 Å². The molecule has 0 heterocycles. The quantitative estimate of drug-likeness (QED) is 0.756. The normalized spacial score (nSPS) is 12.9. The van der Waals surface area contributed by atoms with E-state index >= 15 is 0 Å². The summed E-state index contributed by atoms with van der Waals surface area (Å²) in [4.78, 5) is 2.17. The lowest BCUT2D eigenvalue weighted by Gasteiger charge is -2.23. The van der Waals surface area contributed by atoms with Crippen LogP contribution in [0.5, 0.6) is 0 Å². The predicted octanol–water partition coefficient (Wildman–Crippen LogP) is 2.27. The van der Waals surface area contributed by atoms with Crippen molar-refractivity contribution in [2.24, 2.45) is 0 Å². The Hall–Kier alpha value is -0.900. The number of hydrogen-bond donors (Lipinski definition) is 2. The maximum atomic E-state index is 8.94. The smallest absolute Gasteiger partial charge is 0.0558 e. The molecule has 0 aliphatic rings. The van der Waals surface area contributed by atoms with Crippen LogP contribution >= 0.6 is 0 Å². The molecular weight excluding hydrogens is 236 g/mol. The van der Waals surface area contributed by atoms with E-state index in [4.69, 9.17) is 5.11 Å². The Kier molecular flexibility index (Phi) is 7.06. The first kappa shape index (κ1) is 16.2. The zero-order valence-corrected chi connectivity index (χ0v) is 12.7. The molecule has 0 saturated heterocycles. The first-order valence-electron chi connectivity index (χ1n) is 7.17. The van der Waals surface area contributed by atoms with Gasteiger partial charge in [-0.15, -0.1) is 0 Å². The number of aliphatic hydroxyl groups excluding tert-OH is 1. The number of aryl methyl sites for hydroxylation is 2. The van der Waals surface area contributed by atoms with Crippen molar-refractivity contribution in [3.8, 4) is 0 Å². The summed E-state index contributed by atoms with van der Waals surface area (Å²) in [6.07, 6.45) is 1.06. The second-order valence-electron chi connectivity index (χ2n) is 5.35. The number of rotatable bonds is 8. The number of aliphatic hydroxyl groups is 1. The lowest BCUT2D eigenvalue weighted by molar-refractivity contribution is 0.215. The van der Waals surface area contributed by atoms with Gasteiger partial charge < -0.3 is 15.3 Å². The third-order valence-electron chi connectivity index (χ3n) is 3.38. The van der Waals surface area contributed by atoms with E-state index in [2.05, 4.69) is 56.2 Å². The Morgan fingerprint density at radius 3 is 2.32 bits per heavy atom. The first-order valence-corrected chi connectivity index (χ1v) is 7.17. The molecule has 1 rings (SSSR count). The van der Waals surface area contributed by atoms with E-state index in [0.717, 1.165) is 26.1 Å². The molecule has 3 nitrogen and oxygen atoms in total. The van der Waals surface area contributed by atoms with Gasteiger partial charge in [0.2, 0.25) is 0 Å². The fourth-order valence-electron chi connectivity index (χ4n) is 2.48. The van der Waals surface area contributed by atoms with E-state index in [1.807, 2.05) is 0 Å². The molecule has 1 aromatic carbocycles. The lowest BCUT2D eigenvalue weighted by atomic mass is 9.99. The molecule has 1 aromatic rings. The lowest BCUT2D eigenvalue weighted by Crippen LogP contribution is -2.29. The zero-order valence-electron chi connectivity index (χ0n) is 12.7. The largest absolute Gasteiger partial charge is 0.395 e. The van der Waals surface area contributed by atoms with Crippen LogP contribution in [0.4, 0.5) is 0 Å². The molecule has 19 heavy (non-hydrogen) atoms. The molecule has 0 radical (unpaired) electrons. The van der Waals surface area contributed by atoms with Gasteiger partial charge in [0.15, 0.2) is 0 Å². The van der Waals surface area contributed by atoms with Gasteiger partial charge in [0.25, 0.3) is 0 Å². The van der Waals surface area contributed by atoms with Crippen molar-refractivity contribution in [1.82, 2.24) is 10.2 Å². The third kappa shape index (κ3) is 5.72. The third-order valence-corrected chi connectivity index (χ3v) is 3.38. The van der Waals surface area contributed by atoms with Crippen LogP contribution in [0, 0.1) is 13.8 Å². The van der Waals surface area contributed by atoms with Crippen LogP contribution in [0.1, 0.15) is 36.1 Å². The Balaban J connectivity index is 2.70. The summed E-state index contributed by atoms with van der Waals surface area (Å²) < 4.78 is 0. The van der Waals surface area contributed by atoms with Crippen molar-refractivity contribution >= 4 is 0 Å². The van der Waals surface area contributed by atoms with E-state index in [-0.39, 0.29) is 6.61 Å². The number of nitrogens with zero attached hydrogens (tertiary/aromatic N) is 1. The van der Waals surface area contributed by atoms with Crippen LogP contribution in [-0.4, -0.2) is 43.3 Å². The Bertz CT molecular complexity index is 359. The topological polar surface area (TPSA) is 35.5 Å². The minimum atomic E-state index is 0.228. The number of likely N-dealkylation sites (N-methyl/N-ethyl adjacent to an activating group) is 1. The highest BCUT2D eigenvalue weighted by atomic mass is 16.3. The van der Waals surface area contributed by atoms with Gasteiger partial charge in [-0.2, -0.15) is 0 Å². The summed E-state index contributed by atoms with van der Waals surface area (Å²) in [5, 5.41) is 12.5. The average Bonchev–Trinajstić information content (AvgIpc) is 2.33. The molecule has 0 aliphatic carbocycles. The van der Waals surface area contributed by atoms with E-state index < -0.39 is 0 Å². The second-order valence-corrected chi connectivity index (χ2v) is 5.35. The average molecular weight is 264 g/mol. The molecule has 1 unspecified atom stereocenters. The second kappa shape index (κ2) is 8.31. The Morgan fingerprint density at radius 1 is 1.16 bits per heavy atom. The van der Waals surface area contributed by atoms with Crippen LogP contribution in [-0.2, 0) is 0 Å². The molecule has 0 bridgehead atoms. The van der Waals surface area contributed by atoms with Crippen LogP contribution < -0.4 is 5.32 Å². The molecule has 0 fully saturated rings. The molecule has 0 aromatic heterocycles. The monoisotopic (exact) mass is 264 g/mol. The molecule has 1 atom stereocenters. The molecule has 0 amide bonds. The highest BCUT2D eigenvalue weighted by Crippen LogP contribution is 2.20. The number of nitrogens with one attached hydrogen (secondary N) is 1. The molecular formula is C16H28N2O. The van der Waals surface area contributed by atoms with Crippen LogP contribution in [0.25, 0.3) is 0 Å². The number of hydrogen-bond acceptors (Lipinski definition) is 3. The van der Waals surface area contributed by atoms with Crippen molar-refractivity contribution < 1.29 is 5.11 Å². The van der Waals surface area contributed by atoms with Gasteiger partial charge in [0, 0.05) is 12.6 Å². The molecule has 0 aliphatic heterocycles. The van der Waals surface area contributed by atoms with Crippen molar-refractivity contribution in [1.29, 1.82) is 0 Å². The standard InChI is InChI=1S/C16H28N2O/c1-5-17-16(6-7-18(4)8-9-19)15-11-13(2)10-14(3)12-15/h10-12,16-17,19H,5-9H2,1-4H3. The van der Waals surface area contributed by atoms with E-state index in [1.165, 1.54) is 16.7 Å². The molecule has 3 heteroatoms. The zero-order chi connectivity index (χ0) is 14.3. The van der Waals surface area contributed by atoms with Gasteiger partial charge in [-0.05, 0) is 46.0 Å². The van der Waals surface area contributed by atoms with Crippen molar-refractivity contribution in [3.63, 3.8) is 0 Å². The Labute approximate surface area is 117 Å². The summed E-state index contributed by atoms with van der Waals surface area (Å²) >= 11 is 0. The maximum absolute atomic E-state index is 8.94. The molecule has 108 valence electrons. The first-order chi connectivity index (χ1) is 9.06. The van der Waals surface area contributed by atoms with Gasteiger partial charge in [-0.25, -0.2) is 0 Å². The highest BCUT2D eigenvalue weighted by Gasteiger charge is 2.12. The van der Waals surface area contributed by atoms with Crippen LogP contribution in [0.3, 0.4) is 0 Å². The summed E-state index contributed by atoms with van der Waals surface area (Å²) in [7, 11) is 2.06. The minimum absolute atomic E-state index is 0.228. The van der Waals surface area contributed by atoms with Gasteiger partial charge in [-0.3, -0.25) is 0 Å². The fraction of sp³-hybridized carbons (Fsp3) is 0.625. The SMILES string of the molecule is CCNC(CCN(C)CCO)c1cc(C)cc(C)c1. The van der Waals surface area contributed by atoms with Crippen molar-refractivity contribution in [3.05, 3.63) is 34.9 Å². The molecule has 2 N–H and O–H groups in total. The van der Waals surface area contributed by atoms with E-state index in [0.29, 0.717) is 6.04 Å². The summed E-state index contributed by atoms with van der Waals surface area (Å²) in [5.41, 5.74) is 4.01. The fourth-order valence-corrected chi connectivity index (χ4v) is 2.48. The molecule has 0 saturated carbocycles. The highest BCUT2D eigenvalue weighted by molar-refractivity contribution is 5.30. The van der Waals surface area contributed by atoms with Crippen LogP contribution in [0.2, 0.25) is 0 Å². The van der Waals surface area contributed by atoms with Gasteiger partial charge in [0.05, 0.1) is 6.61 Å². The van der Waals surface area contributed by atoms with Gasteiger partial charge in [0.1, 0.15) is 0 Å². The maximum Gasteiger partial charge on any atom is 0.0558 e. The minimum Gasteiger partial charge on any atom is -0.395 e. The van der Waals surface area contributed by atoms with Crippen LogP contribution in [0.15, 0.2) is 18.2 Å². The van der Waals surface area contributed by atoms with Gasteiger partial charge >= 0.3 is 0 Å². The Morgan fingerprint density at radius 2 is 1.79 bits per heavy atom. The van der Waals surface area contributed by atoms with Crippen molar-refractivity contribution in [2.75, 3.05) is 33.3 Å². The molecule has 0 spiro atoms. The summed E-state index contributed by atoms with van der Waals surface area (Å²) in [6.45, 7) is 9.38. The predicted molar refractivity (Wildman–Crippen MR) is 81.5 cm³/mol.